The predicted octanol–water partition coefficient (Wildman–Crippen LogP) is 2.50. The van der Waals surface area contributed by atoms with Crippen LogP contribution in [0.1, 0.15) is 28.4 Å². The van der Waals surface area contributed by atoms with E-state index in [1.54, 1.807) is 24.5 Å². The summed E-state index contributed by atoms with van der Waals surface area (Å²) >= 11 is 0. The molecule has 0 radical (unpaired) electrons. The van der Waals surface area contributed by atoms with Crippen molar-refractivity contribution in [1.82, 2.24) is 4.98 Å². The number of ether oxygens (including phenoxy) is 2. The first kappa shape index (κ1) is 12.5. The molecule has 0 unspecified atom stereocenters. The number of ketones is 1. The van der Waals surface area contributed by atoms with Gasteiger partial charge >= 0.3 is 0 Å². The Morgan fingerprint density at radius 1 is 1.45 bits per heavy atom. The number of phenolic OH excluding ortho intramolecular Hbond substituents is 1. The highest BCUT2D eigenvalue weighted by molar-refractivity contribution is 6.02. The van der Waals surface area contributed by atoms with E-state index in [1.165, 1.54) is 13.2 Å². The second kappa shape index (κ2) is 4.85. The highest BCUT2D eigenvalue weighted by Crippen LogP contribution is 2.41. The third-order valence-electron chi connectivity index (χ3n) is 3.27. The van der Waals surface area contributed by atoms with Crippen molar-refractivity contribution in [3.8, 4) is 17.2 Å². The highest BCUT2D eigenvalue weighted by atomic mass is 16.5. The van der Waals surface area contributed by atoms with Gasteiger partial charge in [0.05, 0.1) is 13.5 Å². The smallest absolute Gasteiger partial charge is 0.174 e. The molecule has 5 heteroatoms. The van der Waals surface area contributed by atoms with Gasteiger partial charge in [0.25, 0.3) is 0 Å². The Balaban J connectivity index is 2.02. The summed E-state index contributed by atoms with van der Waals surface area (Å²) in [4.78, 5) is 16.2. The van der Waals surface area contributed by atoms with Crippen LogP contribution in [-0.2, 0) is 0 Å². The highest BCUT2D eigenvalue weighted by Gasteiger charge is 2.30. The van der Waals surface area contributed by atoms with Crippen LogP contribution in [-0.4, -0.2) is 23.0 Å². The number of rotatable bonds is 2. The molecule has 5 nitrogen and oxygen atoms in total. The number of hydrogen-bond donors (Lipinski definition) is 1. The van der Waals surface area contributed by atoms with E-state index < -0.39 is 6.10 Å². The SMILES string of the molecule is COc1cc(O)c2c(c1)O[C@H](c1cccnc1)CC2=O. The molecule has 0 fully saturated rings. The summed E-state index contributed by atoms with van der Waals surface area (Å²) in [5.74, 6) is 0.516. The molecule has 0 saturated heterocycles. The third kappa shape index (κ3) is 2.07. The average molecular weight is 271 g/mol. The molecule has 1 aromatic carbocycles. The topological polar surface area (TPSA) is 68.7 Å². The van der Waals surface area contributed by atoms with E-state index in [-0.39, 0.29) is 23.5 Å². The molecule has 1 N–H and O–H groups in total. The number of fused-ring (bicyclic) bond motifs is 1. The molecule has 1 aromatic heterocycles. The van der Waals surface area contributed by atoms with Crippen LogP contribution in [0.3, 0.4) is 0 Å². The van der Waals surface area contributed by atoms with Crippen LogP contribution in [0.2, 0.25) is 0 Å². The van der Waals surface area contributed by atoms with Crippen molar-refractivity contribution in [2.24, 2.45) is 0 Å². The van der Waals surface area contributed by atoms with E-state index in [0.29, 0.717) is 11.5 Å². The van der Waals surface area contributed by atoms with E-state index in [1.807, 2.05) is 6.07 Å². The fourth-order valence-corrected chi connectivity index (χ4v) is 2.28. The standard InChI is InChI=1S/C15H13NO4/c1-19-10-5-11(17)15-12(18)7-13(20-14(15)6-10)9-3-2-4-16-8-9/h2-6,8,13,17H,7H2,1H3/t13-/m0/s1. The van der Waals surface area contributed by atoms with Gasteiger partial charge in [-0.15, -0.1) is 0 Å². The van der Waals surface area contributed by atoms with Crippen LogP contribution in [0.25, 0.3) is 0 Å². The Hall–Kier alpha value is -2.56. The van der Waals surface area contributed by atoms with Gasteiger partial charge < -0.3 is 14.6 Å². The molecule has 1 aliphatic heterocycles. The average Bonchev–Trinajstić information content (AvgIpc) is 2.47. The lowest BCUT2D eigenvalue weighted by Gasteiger charge is -2.26. The molecule has 1 aliphatic rings. The van der Waals surface area contributed by atoms with Gasteiger partial charge in [-0.1, -0.05) is 6.07 Å². The number of aromatic nitrogens is 1. The maximum absolute atomic E-state index is 12.2. The second-order valence-electron chi connectivity index (χ2n) is 4.54. The molecule has 102 valence electrons. The van der Waals surface area contributed by atoms with Crippen LogP contribution in [0, 0.1) is 0 Å². The lowest BCUT2D eigenvalue weighted by atomic mass is 9.96. The Morgan fingerprint density at radius 3 is 3.00 bits per heavy atom. The zero-order valence-corrected chi connectivity index (χ0v) is 10.9. The van der Waals surface area contributed by atoms with Gasteiger partial charge in [0.2, 0.25) is 0 Å². The van der Waals surface area contributed by atoms with E-state index in [4.69, 9.17) is 9.47 Å². The van der Waals surface area contributed by atoms with Crippen LogP contribution in [0.15, 0.2) is 36.7 Å². The molecule has 0 aliphatic carbocycles. The monoisotopic (exact) mass is 271 g/mol. The molecule has 0 amide bonds. The Labute approximate surface area is 115 Å². The van der Waals surface area contributed by atoms with E-state index in [9.17, 15) is 9.90 Å². The zero-order chi connectivity index (χ0) is 14.1. The number of pyridine rings is 1. The summed E-state index contributed by atoms with van der Waals surface area (Å²) in [6.45, 7) is 0. The normalized spacial score (nSPS) is 17.2. The number of Topliss-reactive ketones (excluding diaryl/α,β-unsaturated/α-hetero) is 1. The first-order valence-corrected chi connectivity index (χ1v) is 6.20. The third-order valence-corrected chi connectivity index (χ3v) is 3.27. The number of aromatic hydroxyl groups is 1. The minimum atomic E-state index is -0.393. The first-order valence-electron chi connectivity index (χ1n) is 6.20. The minimum Gasteiger partial charge on any atom is -0.507 e. The fraction of sp³-hybridized carbons (Fsp3) is 0.200. The fourth-order valence-electron chi connectivity index (χ4n) is 2.28. The summed E-state index contributed by atoms with van der Waals surface area (Å²) in [5, 5.41) is 9.90. The summed E-state index contributed by atoms with van der Waals surface area (Å²) < 4.78 is 10.9. The maximum Gasteiger partial charge on any atom is 0.174 e. The Kier molecular flexibility index (Phi) is 3.02. The van der Waals surface area contributed by atoms with Crippen molar-refractivity contribution in [2.75, 3.05) is 7.11 Å². The van der Waals surface area contributed by atoms with Gasteiger partial charge in [0.15, 0.2) is 5.78 Å². The molecular weight excluding hydrogens is 258 g/mol. The summed E-state index contributed by atoms with van der Waals surface area (Å²) in [7, 11) is 1.49. The van der Waals surface area contributed by atoms with Crippen molar-refractivity contribution in [2.45, 2.75) is 12.5 Å². The van der Waals surface area contributed by atoms with Crippen LogP contribution >= 0.6 is 0 Å². The summed E-state index contributed by atoms with van der Waals surface area (Å²) in [6, 6.07) is 6.66. The van der Waals surface area contributed by atoms with Gasteiger partial charge in [-0.25, -0.2) is 0 Å². The number of nitrogens with zero attached hydrogens (tertiary/aromatic N) is 1. The van der Waals surface area contributed by atoms with E-state index in [0.717, 1.165) is 5.56 Å². The van der Waals surface area contributed by atoms with Crippen molar-refractivity contribution >= 4 is 5.78 Å². The van der Waals surface area contributed by atoms with E-state index >= 15 is 0 Å². The lowest BCUT2D eigenvalue weighted by Crippen LogP contribution is -2.20. The molecule has 3 rings (SSSR count). The minimum absolute atomic E-state index is 0.117. The van der Waals surface area contributed by atoms with E-state index in [2.05, 4.69) is 4.98 Å². The van der Waals surface area contributed by atoms with Crippen molar-refractivity contribution < 1.29 is 19.4 Å². The molecular formula is C15H13NO4. The largest absolute Gasteiger partial charge is 0.507 e. The molecule has 0 bridgehead atoms. The first-order chi connectivity index (χ1) is 9.69. The number of benzene rings is 1. The molecule has 1 atom stereocenters. The van der Waals surface area contributed by atoms with Crippen LogP contribution < -0.4 is 9.47 Å². The number of methoxy groups -OCH3 is 1. The summed E-state index contributed by atoms with van der Waals surface area (Å²) in [5.41, 5.74) is 1.04. The number of carbonyl (C=O) groups is 1. The van der Waals surface area contributed by atoms with Gasteiger partial charge in [-0.2, -0.15) is 0 Å². The molecule has 0 saturated carbocycles. The Bertz CT molecular complexity index is 654. The van der Waals surface area contributed by atoms with Crippen LogP contribution in [0.5, 0.6) is 17.2 Å². The van der Waals surface area contributed by atoms with Crippen LogP contribution in [0.4, 0.5) is 0 Å². The maximum atomic E-state index is 12.2. The molecule has 0 spiro atoms. The predicted molar refractivity (Wildman–Crippen MR) is 71.2 cm³/mol. The van der Waals surface area contributed by atoms with Gasteiger partial charge in [0.1, 0.15) is 28.9 Å². The Morgan fingerprint density at radius 2 is 2.30 bits per heavy atom. The van der Waals surface area contributed by atoms with Crippen molar-refractivity contribution in [3.63, 3.8) is 0 Å². The van der Waals surface area contributed by atoms with Crippen molar-refractivity contribution in [3.05, 3.63) is 47.8 Å². The number of hydrogen-bond acceptors (Lipinski definition) is 5. The molecule has 20 heavy (non-hydrogen) atoms. The summed E-state index contributed by atoms with van der Waals surface area (Å²) in [6.07, 6.45) is 3.12. The zero-order valence-electron chi connectivity index (χ0n) is 10.9. The number of phenols is 1. The van der Waals surface area contributed by atoms with Gasteiger partial charge in [-0.05, 0) is 6.07 Å². The quantitative estimate of drug-likeness (QED) is 0.908. The number of carbonyl (C=O) groups excluding carboxylic acids is 1. The lowest BCUT2D eigenvalue weighted by molar-refractivity contribution is 0.0844. The second-order valence-corrected chi connectivity index (χ2v) is 4.54. The van der Waals surface area contributed by atoms with Gasteiger partial charge in [-0.3, -0.25) is 9.78 Å². The molecule has 2 aromatic rings. The van der Waals surface area contributed by atoms with Gasteiger partial charge in [0, 0.05) is 30.1 Å². The molecule has 2 heterocycles. The van der Waals surface area contributed by atoms with Crippen molar-refractivity contribution in [1.29, 1.82) is 0 Å².